The molecule has 1 aliphatic heterocycles. The Hall–Kier alpha value is -1.42. The van der Waals surface area contributed by atoms with E-state index in [4.69, 9.17) is 0 Å². The van der Waals surface area contributed by atoms with Gasteiger partial charge >= 0.3 is 0 Å². The maximum Gasteiger partial charge on any atom is 0.0861 e. The van der Waals surface area contributed by atoms with Gasteiger partial charge in [0.2, 0.25) is 0 Å². The molecule has 0 aromatic heterocycles. The summed E-state index contributed by atoms with van der Waals surface area (Å²) >= 11 is 0. The predicted octanol–water partition coefficient (Wildman–Crippen LogP) is 3.79. The molecule has 0 spiro atoms. The fourth-order valence-corrected chi connectivity index (χ4v) is 3.63. The number of hydrogen-bond acceptors (Lipinski definition) is 3. The first-order valence-electron chi connectivity index (χ1n) is 9.51. The molecule has 138 valence electrons. The Kier molecular flexibility index (Phi) is 7.89. The standard InChI is InChI=1S/C22H34N2O/c1-17(2)20-14-10-5-7-11-18(3)24(16-20)22(21(25)15-23-4)19-12-8-6-9-13-19/h5-13,17-18,20-23,25H,14-16H2,1-4H3/b10-5-,11-7-. The third-order valence-electron chi connectivity index (χ3n) is 5.26. The van der Waals surface area contributed by atoms with E-state index in [1.165, 1.54) is 5.56 Å². The van der Waals surface area contributed by atoms with Gasteiger partial charge in [-0.1, -0.05) is 68.5 Å². The quantitative estimate of drug-likeness (QED) is 0.826. The number of nitrogens with one attached hydrogen (secondary N) is 1. The van der Waals surface area contributed by atoms with Gasteiger partial charge < -0.3 is 10.4 Å². The van der Waals surface area contributed by atoms with Crippen molar-refractivity contribution < 1.29 is 5.11 Å². The second kappa shape index (κ2) is 9.91. The number of rotatable bonds is 6. The summed E-state index contributed by atoms with van der Waals surface area (Å²) < 4.78 is 0. The molecule has 1 heterocycles. The van der Waals surface area contributed by atoms with Gasteiger partial charge in [0.05, 0.1) is 12.1 Å². The highest BCUT2D eigenvalue weighted by Crippen LogP contribution is 2.31. The van der Waals surface area contributed by atoms with E-state index < -0.39 is 6.10 Å². The first-order chi connectivity index (χ1) is 12.0. The fourth-order valence-electron chi connectivity index (χ4n) is 3.63. The molecule has 4 unspecified atom stereocenters. The van der Waals surface area contributed by atoms with E-state index in [0.717, 1.165) is 13.0 Å². The zero-order valence-corrected chi connectivity index (χ0v) is 16.1. The number of benzene rings is 1. The highest BCUT2D eigenvalue weighted by atomic mass is 16.3. The van der Waals surface area contributed by atoms with Gasteiger partial charge in [0.1, 0.15) is 0 Å². The number of aliphatic hydroxyl groups is 1. The van der Waals surface area contributed by atoms with Crippen molar-refractivity contribution >= 4 is 0 Å². The average molecular weight is 343 g/mol. The number of aliphatic hydroxyl groups excluding tert-OH is 1. The monoisotopic (exact) mass is 342 g/mol. The zero-order chi connectivity index (χ0) is 18.2. The molecule has 0 amide bonds. The van der Waals surface area contributed by atoms with Gasteiger partial charge in [0.15, 0.2) is 0 Å². The molecule has 0 saturated carbocycles. The molecule has 0 radical (unpaired) electrons. The molecule has 0 fully saturated rings. The van der Waals surface area contributed by atoms with Crippen molar-refractivity contribution in [3.63, 3.8) is 0 Å². The second-order valence-corrected chi connectivity index (χ2v) is 7.47. The zero-order valence-electron chi connectivity index (χ0n) is 16.1. The lowest BCUT2D eigenvalue weighted by atomic mass is 9.89. The number of allylic oxidation sites excluding steroid dienone is 3. The van der Waals surface area contributed by atoms with E-state index in [1.54, 1.807) is 0 Å². The van der Waals surface area contributed by atoms with Crippen molar-refractivity contribution in [1.82, 2.24) is 10.2 Å². The van der Waals surface area contributed by atoms with Crippen LogP contribution in [0, 0.1) is 11.8 Å². The predicted molar refractivity (Wildman–Crippen MR) is 107 cm³/mol. The first kappa shape index (κ1) is 19.9. The summed E-state index contributed by atoms with van der Waals surface area (Å²) in [6, 6.07) is 10.7. The molecule has 2 rings (SSSR count). The molecule has 3 nitrogen and oxygen atoms in total. The molecule has 25 heavy (non-hydrogen) atoms. The third-order valence-corrected chi connectivity index (χ3v) is 5.26. The molecule has 0 bridgehead atoms. The van der Waals surface area contributed by atoms with Crippen LogP contribution in [0.15, 0.2) is 54.6 Å². The summed E-state index contributed by atoms with van der Waals surface area (Å²) in [5, 5.41) is 14.1. The van der Waals surface area contributed by atoms with Crippen LogP contribution < -0.4 is 5.32 Å². The maximum absolute atomic E-state index is 10.9. The average Bonchev–Trinajstić information content (AvgIpc) is 2.68. The SMILES string of the molecule is CNCC(O)C(c1ccccc1)N1CC(C(C)C)C/C=C\C=C/C1C. The van der Waals surface area contributed by atoms with Gasteiger partial charge in [-0.2, -0.15) is 0 Å². The van der Waals surface area contributed by atoms with Crippen LogP contribution in [0.25, 0.3) is 0 Å². The van der Waals surface area contributed by atoms with Crippen LogP contribution in [-0.2, 0) is 0 Å². The molecular formula is C22H34N2O. The summed E-state index contributed by atoms with van der Waals surface area (Å²) in [6.45, 7) is 8.39. The van der Waals surface area contributed by atoms with E-state index in [9.17, 15) is 5.11 Å². The molecule has 0 aliphatic carbocycles. The van der Waals surface area contributed by atoms with Crippen molar-refractivity contribution in [2.45, 2.75) is 45.4 Å². The van der Waals surface area contributed by atoms with Crippen molar-refractivity contribution in [1.29, 1.82) is 0 Å². The van der Waals surface area contributed by atoms with Crippen LogP contribution in [0.2, 0.25) is 0 Å². The van der Waals surface area contributed by atoms with Crippen LogP contribution in [0.1, 0.15) is 38.8 Å². The van der Waals surface area contributed by atoms with Crippen molar-refractivity contribution in [3.8, 4) is 0 Å². The molecule has 1 aliphatic rings. The molecule has 4 atom stereocenters. The fraction of sp³-hybridized carbons (Fsp3) is 0.545. The molecule has 2 N–H and O–H groups in total. The van der Waals surface area contributed by atoms with Crippen molar-refractivity contribution in [2.24, 2.45) is 11.8 Å². The van der Waals surface area contributed by atoms with E-state index in [-0.39, 0.29) is 12.1 Å². The van der Waals surface area contributed by atoms with Gasteiger partial charge in [0.25, 0.3) is 0 Å². The minimum absolute atomic E-state index is 0.0207. The van der Waals surface area contributed by atoms with Crippen LogP contribution in [0.5, 0.6) is 0 Å². The Labute approximate surface area is 153 Å². The largest absolute Gasteiger partial charge is 0.390 e. The second-order valence-electron chi connectivity index (χ2n) is 7.47. The Balaban J connectivity index is 2.39. The smallest absolute Gasteiger partial charge is 0.0861 e. The highest BCUT2D eigenvalue weighted by Gasteiger charge is 2.32. The number of hydrogen-bond donors (Lipinski definition) is 2. The number of nitrogens with zero attached hydrogens (tertiary/aromatic N) is 1. The topological polar surface area (TPSA) is 35.5 Å². The van der Waals surface area contributed by atoms with E-state index in [1.807, 2.05) is 13.1 Å². The van der Waals surface area contributed by atoms with Crippen LogP contribution in [-0.4, -0.2) is 42.3 Å². The van der Waals surface area contributed by atoms with Crippen molar-refractivity contribution in [3.05, 3.63) is 60.2 Å². The van der Waals surface area contributed by atoms with Gasteiger partial charge in [-0.05, 0) is 37.8 Å². The summed E-state index contributed by atoms with van der Waals surface area (Å²) in [6.07, 6.45) is 9.45. The minimum atomic E-state index is -0.454. The minimum Gasteiger partial charge on any atom is -0.390 e. The Morgan fingerprint density at radius 2 is 1.92 bits per heavy atom. The molecule has 0 saturated heterocycles. The lowest BCUT2D eigenvalue weighted by Crippen LogP contribution is -2.46. The summed E-state index contributed by atoms with van der Waals surface area (Å²) in [5.74, 6) is 1.18. The lowest BCUT2D eigenvalue weighted by molar-refractivity contribution is 0.0239. The Morgan fingerprint density at radius 1 is 1.20 bits per heavy atom. The summed E-state index contributed by atoms with van der Waals surface area (Å²) in [4.78, 5) is 2.48. The molecule has 3 heteroatoms. The van der Waals surface area contributed by atoms with Crippen LogP contribution >= 0.6 is 0 Å². The molecule has 1 aromatic carbocycles. The van der Waals surface area contributed by atoms with Crippen LogP contribution in [0.4, 0.5) is 0 Å². The lowest BCUT2D eigenvalue weighted by Gasteiger charge is -2.41. The summed E-state index contributed by atoms with van der Waals surface area (Å²) in [7, 11) is 1.90. The van der Waals surface area contributed by atoms with E-state index >= 15 is 0 Å². The van der Waals surface area contributed by atoms with Gasteiger partial charge in [0, 0.05) is 19.1 Å². The van der Waals surface area contributed by atoms with Crippen molar-refractivity contribution in [2.75, 3.05) is 20.1 Å². The number of likely N-dealkylation sites (N-methyl/N-ethyl adjacent to an activating group) is 1. The Morgan fingerprint density at radius 3 is 2.56 bits per heavy atom. The molecular weight excluding hydrogens is 308 g/mol. The molecule has 1 aromatic rings. The van der Waals surface area contributed by atoms with Gasteiger partial charge in [-0.25, -0.2) is 0 Å². The third kappa shape index (κ3) is 5.53. The van der Waals surface area contributed by atoms with E-state index in [0.29, 0.717) is 18.4 Å². The normalized spacial score (nSPS) is 27.1. The highest BCUT2D eigenvalue weighted by molar-refractivity contribution is 5.22. The van der Waals surface area contributed by atoms with Crippen LogP contribution in [0.3, 0.4) is 0 Å². The van der Waals surface area contributed by atoms with Gasteiger partial charge in [-0.3, -0.25) is 4.90 Å². The van der Waals surface area contributed by atoms with Gasteiger partial charge in [-0.15, -0.1) is 0 Å². The Bertz CT molecular complexity index is 552. The maximum atomic E-state index is 10.9. The first-order valence-corrected chi connectivity index (χ1v) is 9.51. The van der Waals surface area contributed by atoms with E-state index in [2.05, 4.69) is 79.6 Å². The summed E-state index contributed by atoms with van der Waals surface area (Å²) in [5.41, 5.74) is 1.18.